The highest BCUT2D eigenvalue weighted by Gasteiger charge is 2.09. The Morgan fingerprint density at radius 1 is 1.19 bits per heavy atom. The third-order valence-corrected chi connectivity index (χ3v) is 2.44. The first kappa shape index (κ1) is 18.8. The molecule has 0 amide bonds. The smallest absolute Gasteiger partial charge is 0.337 e. The summed E-state index contributed by atoms with van der Waals surface area (Å²) in [6.07, 6.45) is 0.700. The van der Waals surface area contributed by atoms with Crippen LogP contribution in [0.15, 0.2) is 29.3 Å². The van der Waals surface area contributed by atoms with Gasteiger partial charge in [-0.3, -0.25) is 9.79 Å². The summed E-state index contributed by atoms with van der Waals surface area (Å²) >= 11 is 0. The van der Waals surface area contributed by atoms with E-state index >= 15 is 0 Å². The lowest BCUT2D eigenvalue weighted by atomic mass is 10.1. The molecule has 0 saturated carbocycles. The molecule has 0 atom stereocenters. The van der Waals surface area contributed by atoms with Gasteiger partial charge in [0.05, 0.1) is 24.3 Å². The molecule has 21 heavy (non-hydrogen) atoms. The number of rotatable bonds is 6. The summed E-state index contributed by atoms with van der Waals surface area (Å²) in [6, 6.07) is 6.51. The molecule has 1 aromatic carbocycles. The number of para-hydroxylation sites is 1. The standard InChI is InChI=1S/C14H17NO4.C2H6/c1-3-19-13(16)9-8-10(2)15-12-7-5-4-6-11(12)14(17)18;1-2/h4-7H,3,8-9H2,1-2H3,(H,17,18);1-2H3. The van der Waals surface area contributed by atoms with Crippen molar-refractivity contribution in [2.45, 2.75) is 40.5 Å². The van der Waals surface area contributed by atoms with Crippen LogP contribution in [0, 0.1) is 0 Å². The van der Waals surface area contributed by atoms with Gasteiger partial charge in [0, 0.05) is 5.71 Å². The van der Waals surface area contributed by atoms with Gasteiger partial charge < -0.3 is 9.84 Å². The molecule has 116 valence electrons. The van der Waals surface area contributed by atoms with E-state index < -0.39 is 5.97 Å². The molecule has 0 aliphatic rings. The molecule has 0 spiro atoms. The molecule has 0 unspecified atom stereocenters. The van der Waals surface area contributed by atoms with Crippen molar-refractivity contribution in [3.05, 3.63) is 29.8 Å². The molecule has 0 radical (unpaired) electrons. The lowest BCUT2D eigenvalue weighted by Gasteiger charge is -2.04. The van der Waals surface area contributed by atoms with E-state index in [1.807, 2.05) is 13.8 Å². The van der Waals surface area contributed by atoms with Crippen LogP contribution in [0.4, 0.5) is 5.69 Å². The summed E-state index contributed by atoms with van der Waals surface area (Å²) in [5, 5.41) is 9.02. The average molecular weight is 293 g/mol. The van der Waals surface area contributed by atoms with Gasteiger partial charge in [-0.15, -0.1) is 0 Å². The van der Waals surface area contributed by atoms with Crippen molar-refractivity contribution in [1.29, 1.82) is 0 Å². The van der Waals surface area contributed by atoms with Gasteiger partial charge in [0.25, 0.3) is 0 Å². The van der Waals surface area contributed by atoms with Crippen LogP contribution in [-0.2, 0) is 9.53 Å². The number of aromatic carboxylic acids is 1. The van der Waals surface area contributed by atoms with Crippen molar-refractivity contribution in [3.8, 4) is 0 Å². The first-order chi connectivity index (χ1) is 10.0. The van der Waals surface area contributed by atoms with Gasteiger partial charge in [0.2, 0.25) is 0 Å². The zero-order chi connectivity index (χ0) is 16.3. The molecule has 1 rings (SSSR count). The highest BCUT2D eigenvalue weighted by Crippen LogP contribution is 2.19. The molecule has 1 N–H and O–H groups in total. The number of hydrogen-bond acceptors (Lipinski definition) is 4. The van der Waals surface area contributed by atoms with E-state index in [2.05, 4.69) is 4.99 Å². The zero-order valence-electron chi connectivity index (χ0n) is 13.0. The first-order valence-electron chi connectivity index (χ1n) is 7.06. The Bertz CT molecular complexity index is 495. The van der Waals surface area contributed by atoms with Crippen molar-refractivity contribution in [3.63, 3.8) is 0 Å². The third kappa shape index (κ3) is 7.25. The number of hydrogen-bond donors (Lipinski definition) is 1. The Labute approximate surface area is 125 Å². The van der Waals surface area contributed by atoms with Crippen molar-refractivity contribution in [2.75, 3.05) is 6.61 Å². The summed E-state index contributed by atoms with van der Waals surface area (Å²) in [6.45, 7) is 7.87. The van der Waals surface area contributed by atoms with E-state index in [1.165, 1.54) is 6.07 Å². The molecule has 0 aromatic heterocycles. The Balaban J connectivity index is 0.00000191. The third-order valence-electron chi connectivity index (χ3n) is 2.44. The summed E-state index contributed by atoms with van der Waals surface area (Å²) < 4.78 is 4.82. The van der Waals surface area contributed by atoms with Gasteiger partial charge in [-0.1, -0.05) is 26.0 Å². The maximum absolute atomic E-state index is 11.2. The minimum absolute atomic E-state index is 0.151. The summed E-state index contributed by atoms with van der Waals surface area (Å²) in [5.74, 6) is -1.29. The fourth-order valence-electron chi connectivity index (χ4n) is 1.53. The zero-order valence-corrected chi connectivity index (χ0v) is 13.0. The summed E-state index contributed by atoms with van der Waals surface area (Å²) in [7, 11) is 0. The van der Waals surface area contributed by atoms with Gasteiger partial charge in [0.15, 0.2) is 0 Å². The Morgan fingerprint density at radius 2 is 1.81 bits per heavy atom. The maximum Gasteiger partial charge on any atom is 0.337 e. The van der Waals surface area contributed by atoms with Gasteiger partial charge in [-0.25, -0.2) is 4.79 Å². The largest absolute Gasteiger partial charge is 0.478 e. The van der Waals surface area contributed by atoms with Crippen LogP contribution in [-0.4, -0.2) is 29.4 Å². The number of carboxylic acids is 1. The van der Waals surface area contributed by atoms with E-state index in [4.69, 9.17) is 9.84 Å². The van der Waals surface area contributed by atoms with Crippen LogP contribution in [0.1, 0.15) is 50.9 Å². The quantitative estimate of drug-likeness (QED) is 0.638. The van der Waals surface area contributed by atoms with Gasteiger partial charge >= 0.3 is 11.9 Å². The average Bonchev–Trinajstić information content (AvgIpc) is 2.48. The number of nitrogens with zero attached hydrogens (tertiary/aromatic N) is 1. The van der Waals surface area contributed by atoms with E-state index in [0.29, 0.717) is 24.4 Å². The second kappa shape index (κ2) is 10.6. The molecule has 0 saturated heterocycles. The van der Waals surface area contributed by atoms with Crippen LogP contribution in [0.25, 0.3) is 0 Å². The van der Waals surface area contributed by atoms with E-state index in [1.54, 1.807) is 32.0 Å². The van der Waals surface area contributed by atoms with E-state index in [-0.39, 0.29) is 18.0 Å². The van der Waals surface area contributed by atoms with E-state index in [0.717, 1.165) is 0 Å². The Kier molecular flexibility index (Phi) is 9.50. The van der Waals surface area contributed by atoms with Crippen molar-refractivity contribution >= 4 is 23.3 Å². The van der Waals surface area contributed by atoms with E-state index in [9.17, 15) is 9.59 Å². The second-order valence-electron chi connectivity index (χ2n) is 3.97. The summed E-state index contributed by atoms with van der Waals surface area (Å²) in [5.41, 5.74) is 1.25. The van der Waals surface area contributed by atoms with Crippen molar-refractivity contribution in [1.82, 2.24) is 0 Å². The van der Waals surface area contributed by atoms with Crippen LogP contribution in [0.5, 0.6) is 0 Å². The molecule has 0 aliphatic carbocycles. The normalized spacial score (nSPS) is 10.4. The highest BCUT2D eigenvalue weighted by molar-refractivity contribution is 5.96. The second-order valence-corrected chi connectivity index (χ2v) is 3.97. The van der Waals surface area contributed by atoms with Gasteiger partial charge in [-0.2, -0.15) is 0 Å². The lowest BCUT2D eigenvalue weighted by Crippen LogP contribution is -2.06. The van der Waals surface area contributed by atoms with Gasteiger partial charge in [-0.05, 0) is 32.4 Å². The molecule has 5 heteroatoms. The van der Waals surface area contributed by atoms with Crippen LogP contribution in [0.3, 0.4) is 0 Å². The minimum Gasteiger partial charge on any atom is -0.478 e. The Hall–Kier alpha value is -2.17. The topological polar surface area (TPSA) is 76.0 Å². The monoisotopic (exact) mass is 293 g/mol. The van der Waals surface area contributed by atoms with Crippen LogP contribution >= 0.6 is 0 Å². The number of carbonyl (C=O) groups is 2. The number of benzene rings is 1. The molecule has 5 nitrogen and oxygen atoms in total. The lowest BCUT2D eigenvalue weighted by molar-refractivity contribution is -0.142. The van der Waals surface area contributed by atoms with Crippen molar-refractivity contribution in [2.24, 2.45) is 4.99 Å². The predicted molar refractivity (Wildman–Crippen MR) is 83.4 cm³/mol. The number of carboxylic acid groups (broad SMARTS) is 1. The number of aliphatic imine (C=N–C) groups is 1. The maximum atomic E-state index is 11.2. The SMILES string of the molecule is CC.CCOC(=O)CCC(C)=Nc1ccccc1C(=O)O. The molecule has 1 aromatic rings. The van der Waals surface area contributed by atoms with Crippen LogP contribution in [0.2, 0.25) is 0 Å². The Morgan fingerprint density at radius 3 is 2.38 bits per heavy atom. The molecule has 0 bridgehead atoms. The van der Waals surface area contributed by atoms with Crippen LogP contribution < -0.4 is 0 Å². The minimum atomic E-state index is -1.02. The fourth-order valence-corrected chi connectivity index (χ4v) is 1.53. The number of esters is 1. The molecule has 0 aliphatic heterocycles. The molecule has 0 fully saturated rings. The highest BCUT2D eigenvalue weighted by atomic mass is 16.5. The number of ether oxygens (including phenoxy) is 1. The predicted octanol–water partition coefficient (Wildman–Crippen LogP) is 3.85. The number of carbonyl (C=O) groups excluding carboxylic acids is 1. The first-order valence-corrected chi connectivity index (χ1v) is 7.06. The van der Waals surface area contributed by atoms with Gasteiger partial charge in [0.1, 0.15) is 0 Å². The molecular weight excluding hydrogens is 270 g/mol. The fraction of sp³-hybridized carbons (Fsp3) is 0.438. The molecular formula is C16H23NO4. The molecule has 0 heterocycles. The summed E-state index contributed by atoms with van der Waals surface area (Å²) in [4.78, 5) is 26.5. The van der Waals surface area contributed by atoms with Crippen molar-refractivity contribution < 1.29 is 19.4 Å².